The second kappa shape index (κ2) is 8.58. The summed E-state index contributed by atoms with van der Waals surface area (Å²) in [6.45, 7) is 2.47. The highest BCUT2D eigenvalue weighted by atomic mass is 32.2. The van der Waals surface area contributed by atoms with Gasteiger partial charge in [0.2, 0.25) is 5.91 Å². The highest BCUT2D eigenvalue weighted by molar-refractivity contribution is 7.99. The summed E-state index contributed by atoms with van der Waals surface area (Å²) in [7, 11) is 0. The Morgan fingerprint density at radius 3 is 2.53 bits per heavy atom. The van der Waals surface area contributed by atoms with Crippen LogP contribution < -0.4 is 5.32 Å². The molecule has 0 fully saturated rings. The standard InChI is InChI=1S/C14H19NO3S/c1-11-4-6-12(7-5-11)19-10-8-13(16)15-9-2-3-14(17)18/h4-7H,2-3,8-10H2,1H3,(H,15,16)(H,17,18). The van der Waals surface area contributed by atoms with Crippen molar-refractivity contribution in [2.24, 2.45) is 0 Å². The van der Waals surface area contributed by atoms with Crippen LogP contribution in [-0.2, 0) is 9.59 Å². The predicted octanol–water partition coefficient (Wildman–Crippen LogP) is 2.46. The van der Waals surface area contributed by atoms with Crippen LogP contribution in [0.5, 0.6) is 0 Å². The minimum Gasteiger partial charge on any atom is -0.481 e. The van der Waals surface area contributed by atoms with E-state index < -0.39 is 5.97 Å². The molecule has 0 unspecified atom stereocenters. The van der Waals surface area contributed by atoms with Crippen molar-refractivity contribution in [3.05, 3.63) is 29.8 Å². The molecule has 0 aliphatic rings. The van der Waals surface area contributed by atoms with E-state index in [2.05, 4.69) is 5.32 Å². The molecule has 0 saturated carbocycles. The highest BCUT2D eigenvalue weighted by Crippen LogP contribution is 2.18. The lowest BCUT2D eigenvalue weighted by atomic mass is 10.2. The van der Waals surface area contributed by atoms with E-state index in [1.165, 1.54) is 5.56 Å². The first-order chi connectivity index (χ1) is 9.08. The summed E-state index contributed by atoms with van der Waals surface area (Å²) in [6, 6.07) is 8.19. The number of benzene rings is 1. The largest absolute Gasteiger partial charge is 0.481 e. The van der Waals surface area contributed by atoms with Gasteiger partial charge in [-0.25, -0.2) is 0 Å². The normalized spacial score (nSPS) is 10.2. The van der Waals surface area contributed by atoms with Crippen molar-refractivity contribution < 1.29 is 14.7 Å². The number of carbonyl (C=O) groups is 2. The van der Waals surface area contributed by atoms with Crippen LogP contribution in [-0.4, -0.2) is 29.3 Å². The van der Waals surface area contributed by atoms with Gasteiger partial charge in [-0.2, -0.15) is 0 Å². The van der Waals surface area contributed by atoms with Gasteiger partial charge in [-0.05, 0) is 25.5 Å². The minimum absolute atomic E-state index is 0.0231. The summed E-state index contributed by atoms with van der Waals surface area (Å²) in [6.07, 6.45) is 1.02. The summed E-state index contributed by atoms with van der Waals surface area (Å²) in [4.78, 5) is 22.9. The Hall–Kier alpha value is -1.49. The number of thioether (sulfide) groups is 1. The maximum Gasteiger partial charge on any atom is 0.303 e. The fourth-order valence-electron chi connectivity index (χ4n) is 1.45. The van der Waals surface area contributed by atoms with Gasteiger partial charge in [-0.3, -0.25) is 9.59 Å². The molecule has 104 valence electrons. The molecular formula is C14H19NO3S. The predicted molar refractivity (Wildman–Crippen MR) is 76.4 cm³/mol. The van der Waals surface area contributed by atoms with Crippen LogP contribution in [0.3, 0.4) is 0 Å². The smallest absolute Gasteiger partial charge is 0.303 e. The van der Waals surface area contributed by atoms with E-state index in [0.29, 0.717) is 19.4 Å². The number of nitrogens with one attached hydrogen (secondary N) is 1. The highest BCUT2D eigenvalue weighted by Gasteiger charge is 2.02. The first-order valence-corrected chi connectivity index (χ1v) is 7.24. The van der Waals surface area contributed by atoms with Crippen LogP contribution in [0.15, 0.2) is 29.2 Å². The third-order valence-corrected chi connectivity index (χ3v) is 3.52. The molecule has 0 saturated heterocycles. The zero-order valence-electron chi connectivity index (χ0n) is 11.0. The molecule has 0 bridgehead atoms. The van der Waals surface area contributed by atoms with Gasteiger partial charge in [0.1, 0.15) is 0 Å². The van der Waals surface area contributed by atoms with E-state index in [1.54, 1.807) is 11.8 Å². The fraction of sp³-hybridized carbons (Fsp3) is 0.429. The number of hydrogen-bond donors (Lipinski definition) is 2. The number of carboxylic acids is 1. The van der Waals surface area contributed by atoms with Gasteiger partial charge in [-0.1, -0.05) is 17.7 Å². The molecule has 2 N–H and O–H groups in total. The molecule has 0 atom stereocenters. The second-order valence-corrected chi connectivity index (χ2v) is 5.43. The lowest BCUT2D eigenvalue weighted by Gasteiger charge is -2.04. The Morgan fingerprint density at radius 2 is 1.89 bits per heavy atom. The number of hydrogen-bond acceptors (Lipinski definition) is 3. The van der Waals surface area contributed by atoms with Gasteiger partial charge in [0.15, 0.2) is 0 Å². The quantitative estimate of drug-likeness (QED) is 0.567. The molecule has 4 nitrogen and oxygen atoms in total. The summed E-state index contributed by atoms with van der Waals surface area (Å²) in [5.41, 5.74) is 1.22. The maximum absolute atomic E-state index is 11.5. The molecule has 1 rings (SSSR count). The summed E-state index contributed by atoms with van der Waals surface area (Å²) in [5, 5.41) is 11.2. The Labute approximate surface area is 117 Å². The van der Waals surface area contributed by atoms with E-state index in [1.807, 2.05) is 31.2 Å². The zero-order chi connectivity index (χ0) is 14.1. The molecule has 0 radical (unpaired) electrons. The average molecular weight is 281 g/mol. The molecule has 0 aliphatic heterocycles. The minimum atomic E-state index is -0.829. The average Bonchev–Trinajstić information content (AvgIpc) is 2.37. The molecule has 0 aliphatic carbocycles. The van der Waals surface area contributed by atoms with Gasteiger partial charge in [0, 0.05) is 30.0 Å². The lowest BCUT2D eigenvalue weighted by Crippen LogP contribution is -2.25. The van der Waals surface area contributed by atoms with Crippen molar-refractivity contribution in [1.82, 2.24) is 5.32 Å². The SMILES string of the molecule is Cc1ccc(SCCC(=O)NCCCC(=O)O)cc1. The number of amides is 1. The van der Waals surface area contributed by atoms with E-state index in [0.717, 1.165) is 10.6 Å². The molecular weight excluding hydrogens is 262 g/mol. The first kappa shape index (κ1) is 15.6. The second-order valence-electron chi connectivity index (χ2n) is 4.26. The van der Waals surface area contributed by atoms with Crippen LogP contribution in [0, 0.1) is 6.92 Å². The third kappa shape index (κ3) is 7.51. The molecule has 1 amide bonds. The van der Waals surface area contributed by atoms with Crippen molar-refractivity contribution in [3.63, 3.8) is 0 Å². The molecule has 0 spiro atoms. The molecule has 0 aromatic heterocycles. The van der Waals surface area contributed by atoms with Crippen molar-refractivity contribution in [2.45, 2.75) is 31.1 Å². The van der Waals surface area contributed by atoms with Crippen LogP contribution in [0.1, 0.15) is 24.8 Å². The Bertz CT molecular complexity index is 417. The monoisotopic (exact) mass is 281 g/mol. The number of carbonyl (C=O) groups excluding carboxylic acids is 1. The number of aliphatic carboxylic acids is 1. The molecule has 5 heteroatoms. The van der Waals surface area contributed by atoms with Gasteiger partial charge in [0.25, 0.3) is 0 Å². The van der Waals surface area contributed by atoms with Crippen molar-refractivity contribution >= 4 is 23.6 Å². The van der Waals surface area contributed by atoms with Crippen molar-refractivity contribution in [3.8, 4) is 0 Å². The van der Waals surface area contributed by atoms with Gasteiger partial charge < -0.3 is 10.4 Å². The van der Waals surface area contributed by atoms with E-state index >= 15 is 0 Å². The van der Waals surface area contributed by atoms with Crippen LogP contribution >= 0.6 is 11.8 Å². The number of rotatable bonds is 8. The summed E-state index contributed by atoms with van der Waals surface area (Å²) < 4.78 is 0. The van der Waals surface area contributed by atoms with Gasteiger partial charge >= 0.3 is 5.97 Å². The van der Waals surface area contributed by atoms with Crippen LogP contribution in [0.2, 0.25) is 0 Å². The Balaban J connectivity index is 2.10. The van der Waals surface area contributed by atoms with E-state index in [9.17, 15) is 9.59 Å². The number of carboxylic acid groups (broad SMARTS) is 1. The van der Waals surface area contributed by atoms with Gasteiger partial charge in [-0.15, -0.1) is 11.8 Å². The molecule has 19 heavy (non-hydrogen) atoms. The Morgan fingerprint density at radius 1 is 1.21 bits per heavy atom. The van der Waals surface area contributed by atoms with E-state index in [-0.39, 0.29) is 12.3 Å². The zero-order valence-corrected chi connectivity index (χ0v) is 11.8. The van der Waals surface area contributed by atoms with Crippen LogP contribution in [0.4, 0.5) is 0 Å². The summed E-state index contributed by atoms with van der Waals surface area (Å²) >= 11 is 1.65. The maximum atomic E-state index is 11.5. The third-order valence-electron chi connectivity index (χ3n) is 2.51. The lowest BCUT2D eigenvalue weighted by molar-refractivity contribution is -0.137. The topological polar surface area (TPSA) is 66.4 Å². The van der Waals surface area contributed by atoms with Crippen molar-refractivity contribution in [2.75, 3.05) is 12.3 Å². The fourth-order valence-corrected chi connectivity index (χ4v) is 2.30. The van der Waals surface area contributed by atoms with E-state index in [4.69, 9.17) is 5.11 Å². The van der Waals surface area contributed by atoms with Gasteiger partial charge in [0.05, 0.1) is 0 Å². The molecule has 1 aromatic rings. The van der Waals surface area contributed by atoms with Crippen LogP contribution in [0.25, 0.3) is 0 Å². The number of aryl methyl sites for hydroxylation is 1. The summed E-state index contributed by atoms with van der Waals surface area (Å²) in [5.74, 6) is -0.123. The molecule has 0 heterocycles. The van der Waals surface area contributed by atoms with Crippen molar-refractivity contribution in [1.29, 1.82) is 0 Å². The molecule has 1 aromatic carbocycles. The first-order valence-electron chi connectivity index (χ1n) is 6.26. The Kier molecular flexibility index (Phi) is 7.03.